The van der Waals surface area contributed by atoms with Gasteiger partial charge in [-0.2, -0.15) is 0 Å². The molecular formula is C24H18NO4-. The molecule has 0 saturated carbocycles. The number of aliphatic carboxylic acids is 1. The molecule has 0 bridgehead atoms. The highest BCUT2D eigenvalue weighted by molar-refractivity contribution is 5.91. The molecule has 4 aromatic rings. The van der Waals surface area contributed by atoms with E-state index < -0.39 is 5.97 Å². The summed E-state index contributed by atoms with van der Waals surface area (Å²) in [7, 11) is 0. The minimum Gasteiger partial charge on any atom is -0.550 e. The molecule has 0 atom stereocenters. The number of aromatic nitrogens is 1. The second-order valence-corrected chi connectivity index (χ2v) is 6.52. The van der Waals surface area contributed by atoms with Gasteiger partial charge in [-0.05, 0) is 29.8 Å². The van der Waals surface area contributed by atoms with Gasteiger partial charge in [-0.25, -0.2) is 4.98 Å². The summed E-state index contributed by atoms with van der Waals surface area (Å²) < 4.78 is 11.7. The number of para-hydroxylation sites is 3. The zero-order chi connectivity index (χ0) is 20.1. The van der Waals surface area contributed by atoms with Crippen LogP contribution in [0.3, 0.4) is 0 Å². The number of carbonyl (C=O) groups is 1. The van der Waals surface area contributed by atoms with Gasteiger partial charge >= 0.3 is 0 Å². The molecule has 0 aliphatic carbocycles. The summed E-state index contributed by atoms with van der Waals surface area (Å²) in [5.74, 6) is -0.308. The van der Waals surface area contributed by atoms with Crippen molar-refractivity contribution in [3.05, 3.63) is 95.9 Å². The van der Waals surface area contributed by atoms with Gasteiger partial charge in [0.2, 0.25) is 5.89 Å². The van der Waals surface area contributed by atoms with Crippen LogP contribution in [0, 0.1) is 0 Å². The monoisotopic (exact) mass is 384 g/mol. The van der Waals surface area contributed by atoms with Gasteiger partial charge in [0.15, 0.2) is 5.58 Å². The lowest BCUT2D eigenvalue weighted by Gasteiger charge is -2.11. The Morgan fingerprint density at radius 2 is 1.69 bits per heavy atom. The number of carboxylic acids is 1. The highest BCUT2D eigenvalue weighted by atomic mass is 16.5. The van der Waals surface area contributed by atoms with Gasteiger partial charge in [0.25, 0.3) is 0 Å². The number of hydrogen-bond acceptors (Lipinski definition) is 5. The van der Waals surface area contributed by atoms with Crippen LogP contribution >= 0.6 is 0 Å². The van der Waals surface area contributed by atoms with Crippen LogP contribution in [0.2, 0.25) is 0 Å². The molecule has 5 nitrogen and oxygen atoms in total. The SMILES string of the molecule is O=C([O-])C/C(=C\c1ccccc1OCc1ccccc1)c1nc2ccccc2o1. The Kier molecular flexibility index (Phi) is 5.38. The smallest absolute Gasteiger partial charge is 0.223 e. The number of hydrogen-bond donors (Lipinski definition) is 0. The Balaban J connectivity index is 1.68. The molecule has 1 heterocycles. The molecule has 144 valence electrons. The van der Waals surface area contributed by atoms with E-state index in [1.807, 2.05) is 72.8 Å². The Labute approximate surface area is 167 Å². The molecule has 0 N–H and O–H groups in total. The first-order valence-electron chi connectivity index (χ1n) is 9.21. The van der Waals surface area contributed by atoms with Crippen molar-refractivity contribution in [3.8, 4) is 5.75 Å². The maximum absolute atomic E-state index is 11.3. The lowest BCUT2D eigenvalue weighted by atomic mass is 10.1. The molecular weight excluding hydrogens is 366 g/mol. The van der Waals surface area contributed by atoms with Gasteiger partial charge in [-0.3, -0.25) is 0 Å². The van der Waals surface area contributed by atoms with Crippen molar-refractivity contribution >= 4 is 28.7 Å². The molecule has 0 amide bonds. The van der Waals surface area contributed by atoms with Crippen molar-refractivity contribution in [1.82, 2.24) is 4.98 Å². The molecule has 0 unspecified atom stereocenters. The van der Waals surface area contributed by atoms with Gasteiger partial charge in [0, 0.05) is 23.5 Å². The van der Waals surface area contributed by atoms with E-state index in [0.717, 1.165) is 11.1 Å². The van der Waals surface area contributed by atoms with E-state index in [1.165, 1.54) is 0 Å². The third kappa shape index (κ3) is 4.52. The standard InChI is InChI=1S/C24H19NO4/c26-23(27)15-19(24-25-20-11-5-7-13-22(20)29-24)14-18-10-4-6-12-21(18)28-16-17-8-2-1-3-9-17/h1-14H,15-16H2,(H,26,27)/p-1/b19-14+. The summed E-state index contributed by atoms with van der Waals surface area (Å²) in [6.07, 6.45) is 1.40. The highest BCUT2D eigenvalue weighted by Gasteiger charge is 2.13. The molecule has 3 aromatic carbocycles. The van der Waals surface area contributed by atoms with E-state index in [4.69, 9.17) is 9.15 Å². The Morgan fingerprint density at radius 1 is 0.966 bits per heavy atom. The summed E-state index contributed by atoms with van der Waals surface area (Å²) in [6, 6.07) is 24.6. The average Bonchev–Trinajstić information content (AvgIpc) is 3.17. The molecule has 1 aromatic heterocycles. The molecule has 0 radical (unpaired) electrons. The second kappa shape index (κ2) is 8.44. The van der Waals surface area contributed by atoms with Crippen LogP contribution in [0.4, 0.5) is 0 Å². The van der Waals surface area contributed by atoms with E-state index >= 15 is 0 Å². The fraction of sp³-hybridized carbons (Fsp3) is 0.0833. The van der Waals surface area contributed by atoms with E-state index in [1.54, 1.807) is 12.1 Å². The van der Waals surface area contributed by atoms with Crippen LogP contribution in [0.15, 0.2) is 83.3 Å². The van der Waals surface area contributed by atoms with E-state index in [9.17, 15) is 9.90 Å². The number of oxazole rings is 1. The van der Waals surface area contributed by atoms with Crippen LogP contribution in [-0.4, -0.2) is 11.0 Å². The fourth-order valence-electron chi connectivity index (χ4n) is 3.01. The van der Waals surface area contributed by atoms with Gasteiger partial charge < -0.3 is 19.1 Å². The van der Waals surface area contributed by atoms with E-state index in [0.29, 0.717) is 29.0 Å². The molecule has 5 heteroatoms. The van der Waals surface area contributed by atoms with Crippen molar-refractivity contribution in [2.75, 3.05) is 0 Å². The van der Waals surface area contributed by atoms with Crippen molar-refractivity contribution < 1.29 is 19.1 Å². The zero-order valence-electron chi connectivity index (χ0n) is 15.6. The summed E-state index contributed by atoms with van der Waals surface area (Å²) in [4.78, 5) is 15.8. The van der Waals surface area contributed by atoms with Crippen molar-refractivity contribution in [3.63, 3.8) is 0 Å². The lowest BCUT2D eigenvalue weighted by molar-refractivity contribution is -0.304. The third-order valence-electron chi connectivity index (χ3n) is 4.39. The molecule has 0 aliphatic rings. The van der Waals surface area contributed by atoms with Gasteiger partial charge in [-0.1, -0.05) is 60.7 Å². The summed E-state index contributed by atoms with van der Waals surface area (Å²) >= 11 is 0. The Bertz CT molecular complexity index is 1130. The number of carboxylic acid groups (broad SMARTS) is 1. The van der Waals surface area contributed by atoms with Gasteiger partial charge in [0.1, 0.15) is 17.9 Å². The predicted molar refractivity (Wildman–Crippen MR) is 109 cm³/mol. The quantitative estimate of drug-likeness (QED) is 0.480. The first-order chi connectivity index (χ1) is 14.2. The van der Waals surface area contributed by atoms with E-state index in [2.05, 4.69) is 4.98 Å². The fourth-order valence-corrected chi connectivity index (χ4v) is 3.01. The predicted octanol–water partition coefficient (Wildman–Crippen LogP) is 4.09. The number of carbonyl (C=O) groups excluding carboxylic acids is 1. The largest absolute Gasteiger partial charge is 0.550 e. The highest BCUT2D eigenvalue weighted by Crippen LogP contribution is 2.28. The summed E-state index contributed by atoms with van der Waals surface area (Å²) in [6.45, 7) is 0.407. The first kappa shape index (κ1) is 18.5. The Hall–Kier alpha value is -3.86. The van der Waals surface area contributed by atoms with E-state index in [-0.39, 0.29) is 12.3 Å². The number of benzene rings is 3. The minimum atomic E-state index is -1.21. The third-order valence-corrected chi connectivity index (χ3v) is 4.39. The van der Waals surface area contributed by atoms with Crippen molar-refractivity contribution in [2.45, 2.75) is 13.0 Å². The normalized spacial score (nSPS) is 11.5. The molecule has 0 saturated heterocycles. The zero-order valence-corrected chi connectivity index (χ0v) is 15.6. The van der Waals surface area contributed by atoms with Crippen LogP contribution in [0.1, 0.15) is 23.4 Å². The molecule has 0 aliphatic heterocycles. The number of rotatable bonds is 7. The summed E-state index contributed by atoms with van der Waals surface area (Å²) in [5, 5.41) is 11.3. The summed E-state index contributed by atoms with van der Waals surface area (Å²) in [5.41, 5.74) is 3.46. The van der Waals surface area contributed by atoms with Crippen LogP contribution in [-0.2, 0) is 11.4 Å². The van der Waals surface area contributed by atoms with Crippen LogP contribution in [0.5, 0.6) is 5.75 Å². The average molecular weight is 384 g/mol. The van der Waals surface area contributed by atoms with Gasteiger partial charge in [0.05, 0.1) is 0 Å². The molecule has 29 heavy (non-hydrogen) atoms. The number of ether oxygens (including phenoxy) is 1. The van der Waals surface area contributed by atoms with Crippen LogP contribution < -0.4 is 9.84 Å². The van der Waals surface area contributed by atoms with Crippen molar-refractivity contribution in [1.29, 1.82) is 0 Å². The Morgan fingerprint density at radius 3 is 2.48 bits per heavy atom. The van der Waals surface area contributed by atoms with Gasteiger partial charge in [-0.15, -0.1) is 0 Å². The molecule has 0 fully saturated rings. The first-order valence-corrected chi connectivity index (χ1v) is 9.21. The molecule has 4 rings (SSSR count). The minimum absolute atomic E-state index is 0.258. The van der Waals surface area contributed by atoms with Crippen molar-refractivity contribution in [2.24, 2.45) is 0 Å². The lowest BCUT2D eigenvalue weighted by Crippen LogP contribution is -2.22. The maximum atomic E-state index is 11.3. The topological polar surface area (TPSA) is 75.4 Å². The second-order valence-electron chi connectivity index (χ2n) is 6.52. The number of fused-ring (bicyclic) bond motifs is 1. The molecule has 0 spiro atoms. The maximum Gasteiger partial charge on any atom is 0.223 e. The van der Waals surface area contributed by atoms with Crippen LogP contribution in [0.25, 0.3) is 22.7 Å². The number of nitrogens with zero attached hydrogens (tertiary/aromatic N) is 1.